The molecule has 4 atom stereocenters. The van der Waals surface area contributed by atoms with E-state index in [2.05, 4.69) is 20.8 Å². The Morgan fingerprint density at radius 3 is 2.72 bits per heavy atom. The molecule has 1 aromatic heterocycles. The SMILES string of the molecule is CN(C)c1cccc(Oc2nnnn2C2COC3C(NC(=O)CC4(CC(=O)O)CCCC4)COC32)c1. The fourth-order valence-electron chi connectivity index (χ4n) is 5.66. The van der Waals surface area contributed by atoms with Crippen LogP contribution in [0.25, 0.3) is 0 Å². The highest BCUT2D eigenvalue weighted by Crippen LogP contribution is 2.44. The summed E-state index contributed by atoms with van der Waals surface area (Å²) in [4.78, 5) is 26.2. The van der Waals surface area contributed by atoms with Crippen LogP contribution in [0.5, 0.6) is 11.8 Å². The van der Waals surface area contributed by atoms with Gasteiger partial charge in [0.1, 0.15) is 24.0 Å². The van der Waals surface area contributed by atoms with Gasteiger partial charge in [0, 0.05) is 32.3 Å². The molecule has 3 heterocycles. The van der Waals surface area contributed by atoms with Crippen LogP contribution in [0.2, 0.25) is 0 Å². The first-order valence-corrected chi connectivity index (χ1v) is 12.3. The molecule has 2 aliphatic heterocycles. The summed E-state index contributed by atoms with van der Waals surface area (Å²) < 4.78 is 19.6. The Morgan fingerprint density at radius 1 is 1.19 bits per heavy atom. The number of hydrogen-bond donors (Lipinski definition) is 2. The minimum absolute atomic E-state index is 0.0196. The fraction of sp³-hybridized carbons (Fsp3) is 0.625. The maximum absolute atomic E-state index is 12.9. The summed E-state index contributed by atoms with van der Waals surface area (Å²) in [6.45, 7) is 0.608. The van der Waals surface area contributed by atoms with Gasteiger partial charge in [0.05, 0.1) is 25.7 Å². The molecular weight excluding hydrogens is 468 g/mol. The molecule has 4 unspecified atom stereocenters. The molecule has 1 aromatic carbocycles. The van der Waals surface area contributed by atoms with Gasteiger partial charge in [-0.15, -0.1) is 0 Å². The van der Waals surface area contributed by atoms with E-state index in [1.807, 2.05) is 43.3 Å². The van der Waals surface area contributed by atoms with Crippen molar-refractivity contribution in [1.29, 1.82) is 0 Å². The molecule has 1 saturated carbocycles. The van der Waals surface area contributed by atoms with Gasteiger partial charge in [0.15, 0.2) is 0 Å². The third-order valence-electron chi connectivity index (χ3n) is 7.42. The number of nitrogens with zero attached hydrogens (tertiary/aromatic N) is 5. The van der Waals surface area contributed by atoms with Crippen LogP contribution in [0.3, 0.4) is 0 Å². The quantitative estimate of drug-likeness (QED) is 0.523. The molecule has 0 bridgehead atoms. The number of aromatic nitrogens is 4. The van der Waals surface area contributed by atoms with Gasteiger partial charge < -0.3 is 29.5 Å². The van der Waals surface area contributed by atoms with Crippen LogP contribution >= 0.6 is 0 Å². The molecule has 194 valence electrons. The average Bonchev–Trinajstić information content (AvgIpc) is 3.60. The van der Waals surface area contributed by atoms with E-state index in [9.17, 15) is 14.7 Å². The Bertz CT molecular complexity index is 1100. The molecule has 36 heavy (non-hydrogen) atoms. The van der Waals surface area contributed by atoms with Crippen LogP contribution in [0, 0.1) is 5.41 Å². The van der Waals surface area contributed by atoms with Gasteiger partial charge in [-0.3, -0.25) is 9.59 Å². The third kappa shape index (κ3) is 5.00. The van der Waals surface area contributed by atoms with Crippen LogP contribution in [0.4, 0.5) is 5.69 Å². The van der Waals surface area contributed by atoms with E-state index in [4.69, 9.17) is 14.2 Å². The Morgan fingerprint density at radius 2 is 1.97 bits per heavy atom. The zero-order valence-electron chi connectivity index (χ0n) is 20.5. The van der Waals surface area contributed by atoms with Crippen molar-refractivity contribution in [2.45, 2.75) is 62.8 Å². The summed E-state index contributed by atoms with van der Waals surface area (Å²) in [5, 5.41) is 24.3. The van der Waals surface area contributed by atoms with Crippen molar-refractivity contribution in [1.82, 2.24) is 25.5 Å². The molecule has 3 aliphatic rings. The molecule has 5 rings (SSSR count). The van der Waals surface area contributed by atoms with E-state index in [0.29, 0.717) is 19.0 Å². The van der Waals surface area contributed by atoms with Crippen molar-refractivity contribution in [3.05, 3.63) is 24.3 Å². The van der Waals surface area contributed by atoms with Crippen molar-refractivity contribution >= 4 is 17.6 Å². The van der Waals surface area contributed by atoms with Gasteiger partial charge in [-0.2, -0.15) is 4.68 Å². The summed E-state index contributed by atoms with van der Waals surface area (Å²) in [5.41, 5.74) is 0.521. The average molecular weight is 501 g/mol. The lowest BCUT2D eigenvalue weighted by Crippen LogP contribution is -2.45. The Labute approximate surface area is 208 Å². The van der Waals surface area contributed by atoms with Gasteiger partial charge in [-0.05, 0) is 40.8 Å². The number of carboxylic acids is 1. The number of anilines is 1. The second kappa shape index (κ2) is 10.0. The highest BCUT2D eigenvalue weighted by molar-refractivity contribution is 5.78. The van der Waals surface area contributed by atoms with E-state index >= 15 is 0 Å². The monoisotopic (exact) mass is 500 g/mol. The van der Waals surface area contributed by atoms with Crippen LogP contribution < -0.4 is 15.0 Å². The summed E-state index contributed by atoms with van der Waals surface area (Å²) in [6.07, 6.45) is 2.95. The van der Waals surface area contributed by atoms with Crippen LogP contribution in [-0.4, -0.2) is 82.7 Å². The molecule has 2 saturated heterocycles. The molecule has 3 fully saturated rings. The number of fused-ring (bicyclic) bond motifs is 1. The number of ether oxygens (including phenoxy) is 3. The first kappa shape index (κ1) is 24.4. The van der Waals surface area contributed by atoms with E-state index in [1.165, 1.54) is 0 Å². The number of carboxylic acid groups (broad SMARTS) is 1. The maximum atomic E-state index is 12.9. The number of amides is 1. The zero-order valence-corrected chi connectivity index (χ0v) is 20.5. The van der Waals surface area contributed by atoms with Crippen molar-refractivity contribution in [2.24, 2.45) is 5.41 Å². The van der Waals surface area contributed by atoms with Crippen LogP contribution in [-0.2, 0) is 19.1 Å². The lowest BCUT2D eigenvalue weighted by atomic mass is 9.79. The third-order valence-corrected chi connectivity index (χ3v) is 7.42. The van der Waals surface area contributed by atoms with Gasteiger partial charge >= 0.3 is 12.0 Å². The molecule has 12 nitrogen and oxygen atoms in total. The van der Waals surface area contributed by atoms with Crippen molar-refractivity contribution in [3.63, 3.8) is 0 Å². The van der Waals surface area contributed by atoms with E-state index in [1.54, 1.807) is 4.68 Å². The van der Waals surface area contributed by atoms with Crippen molar-refractivity contribution in [2.75, 3.05) is 32.2 Å². The number of benzene rings is 1. The second-order valence-corrected chi connectivity index (χ2v) is 10.2. The van der Waals surface area contributed by atoms with Crippen LogP contribution in [0.1, 0.15) is 44.6 Å². The molecule has 0 spiro atoms. The smallest absolute Gasteiger partial charge is 0.341 e. The van der Waals surface area contributed by atoms with Crippen molar-refractivity contribution < 1.29 is 28.9 Å². The number of rotatable bonds is 9. The maximum Gasteiger partial charge on any atom is 0.341 e. The van der Waals surface area contributed by atoms with Gasteiger partial charge in [0.2, 0.25) is 5.91 Å². The normalized spacial score (nSPS) is 26.5. The number of carbonyl (C=O) groups is 2. The highest BCUT2D eigenvalue weighted by atomic mass is 16.6. The number of nitrogens with one attached hydrogen (secondary N) is 1. The van der Waals surface area contributed by atoms with Crippen molar-refractivity contribution in [3.8, 4) is 11.8 Å². The summed E-state index contributed by atoms with van der Waals surface area (Å²) in [6, 6.07) is 7.19. The molecule has 1 aliphatic carbocycles. The summed E-state index contributed by atoms with van der Waals surface area (Å²) in [7, 11) is 3.90. The lowest BCUT2D eigenvalue weighted by Gasteiger charge is -2.27. The Kier molecular flexibility index (Phi) is 6.80. The molecular formula is C24H32N6O6. The van der Waals surface area contributed by atoms with E-state index in [-0.39, 0.29) is 49.1 Å². The van der Waals surface area contributed by atoms with E-state index in [0.717, 1.165) is 31.4 Å². The van der Waals surface area contributed by atoms with Gasteiger partial charge in [-0.1, -0.05) is 24.0 Å². The zero-order chi connectivity index (χ0) is 25.3. The molecule has 0 radical (unpaired) electrons. The largest absolute Gasteiger partial charge is 0.481 e. The second-order valence-electron chi connectivity index (χ2n) is 10.2. The standard InChI is InChI=1S/C24H32N6O6/c1-29(2)15-6-5-7-16(10-15)36-23-26-27-28-30(23)18-14-35-21-17(13-34-22(18)21)25-19(31)11-24(12-20(32)33)8-3-4-9-24/h5-7,10,17-18,21-22H,3-4,8-9,11-14H2,1-2H3,(H,25,31)(H,32,33). The number of tetrazole rings is 1. The fourth-order valence-corrected chi connectivity index (χ4v) is 5.66. The topological polar surface area (TPSA) is 141 Å². The lowest BCUT2D eigenvalue weighted by molar-refractivity contribution is -0.140. The number of aliphatic carboxylic acids is 1. The molecule has 1 amide bonds. The molecule has 12 heteroatoms. The van der Waals surface area contributed by atoms with Crippen LogP contribution in [0.15, 0.2) is 24.3 Å². The van der Waals surface area contributed by atoms with Gasteiger partial charge in [-0.25, -0.2) is 0 Å². The Balaban J connectivity index is 1.23. The number of carbonyl (C=O) groups excluding carboxylic acids is 1. The minimum atomic E-state index is -0.858. The number of hydrogen-bond acceptors (Lipinski definition) is 9. The van der Waals surface area contributed by atoms with E-state index < -0.39 is 11.4 Å². The predicted molar refractivity (Wildman–Crippen MR) is 127 cm³/mol. The summed E-state index contributed by atoms with van der Waals surface area (Å²) in [5.74, 6) is -0.414. The molecule has 2 aromatic rings. The molecule has 2 N–H and O–H groups in total. The minimum Gasteiger partial charge on any atom is -0.481 e. The Hall–Kier alpha value is -3.25. The predicted octanol–water partition coefficient (Wildman–Crippen LogP) is 1.78. The summed E-state index contributed by atoms with van der Waals surface area (Å²) >= 11 is 0. The van der Waals surface area contributed by atoms with Gasteiger partial charge in [0.25, 0.3) is 0 Å². The first-order valence-electron chi connectivity index (χ1n) is 12.3. The highest BCUT2D eigenvalue weighted by Gasteiger charge is 2.50. The first-order chi connectivity index (χ1) is 17.3.